The number of carboxylic acid groups (broad SMARTS) is 1. The largest absolute Gasteiger partial charge is 0.481 e. The predicted octanol–water partition coefficient (Wildman–Crippen LogP) is 1.92. The fourth-order valence-corrected chi connectivity index (χ4v) is 2.87. The highest BCUT2D eigenvalue weighted by Crippen LogP contribution is 2.31. The maximum absolute atomic E-state index is 12.1. The van der Waals surface area contributed by atoms with E-state index in [2.05, 4.69) is 10.3 Å². The average Bonchev–Trinajstić information content (AvgIpc) is 2.39. The van der Waals surface area contributed by atoms with Crippen LogP contribution in [0.5, 0.6) is 0 Å². The van der Waals surface area contributed by atoms with Crippen LogP contribution in [-0.2, 0) is 16.0 Å². The Labute approximate surface area is 118 Å². The van der Waals surface area contributed by atoms with Gasteiger partial charge in [0.25, 0.3) is 0 Å². The van der Waals surface area contributed by atoms with Crippen molar-refractivity contribution in [2.75, 3.05) is 0 Å². The molecule has 1 aromatic rings. The van der Waals surface area contributed by atoms with Gasteiger partial charge >= 0.3 is 5.97 Å². The molecule has 5 nitrogen and oxygen atoms in total. The van der Waals surface area contributed by atoms with Crippen LogP contribution < -0.4 is 5.32 Å². The van der Waals surface area contributed by atoms with Crippen molar-refractivity contribution in [3.8, 4) is 0 Å². The molecule has 20 heavy (non-hydrogen) atoms. The number of carbonyl (C=O) groups excluding carboxylic acids is 1. The number of hydrogen-bond donors (Lipinski definition) is 2. The van der Waals surface area contributed by atoms with Crippen molar-refractivity contribution < 1.29 is 14.7 Å². The molecule has 1 heterocycles. The molecule has 0 bridgehead atoms. The number of aromatic nitrogens is 1. The Bertz CT molecular complexity index is 467. The monoisotopic (exact) mass is 276 g/mol. The van der Waals surface area contributed by atoms with E-state index in [1.807, 2.05) is 6.07 Å². The summed E-state index contributed by atoms with van der Waals surface area (Å²) in [6.45, 7) is 0. The highest BCUT2D eigenvalue weighted by molar-refractivity contribution is 5.80. The molecule has 0 atom stereocenters. The highest BCUT2D eigenvalue weighted by atomic mass is 16.4. The lowest BCUT2D eigenvalue weighted by atomic mass is 9.79. The second kappa shape index (κ2) is 6.50. The number of nitrogens with one attached hydrogen (secondary N) is 1. The lowest BCUT2D eigenvalue weighted by Gasteiger charge is -2.37. The zero-order valence-electron chi connectivity index (χ0n) is 11.5. The van der Waals surface area contributed by atoms with E-state index in [-0.39, 0.29) is 18.7 Å². The van der Waals surface area contributed by atoms with E-state index in [1.54, 1.807) is 18.3 Å². The van der Waals surface area contributed by atoms with Gasteiger partial charge in [-0.15, -0.1) is 0 Å². The summed E-state index contributed by atoms with van der Waals surface area (Å²) in [6, 6.07) is 5.43. The SMILES string of the molecule is O=C(O)CC1(NC(=O)Cc2ccccn2)CCCCC1. The first kappa shape index (κ1) is 14.5. The molecule has 0 aromatic carbocycles. The van der Waals surface area contributed by atoms with Crippen molar-refractivity contribution in [3.63, 3.8) is 0 Å². The van der Waals surface area contributed by atoms with Crippen LogP contribution in [0.3, 0.4) is 0 Å². The molecule has 1 aromatic heterocycles. The van der Waals surface area contributed by atoms with E-state index in [0.29, 0.717) is 5.69 Å². The maximum Gasteiger partial charge on any atom is 0.305 e. The van der Waals surface area contributed by atoms with Gasteiger partial charge in [-0.2, -0.15) is 0 Å². The van der Waals surface area contributed by atoms with Crippen molar-refractivity contribution in [2.45, 2.75) is 50.5 Å². The van der Waals surface area contributed by atoms with Crippen molar-refractivity contribution >= 4 is 11.9 Å². The Hall–Kier alpha value is -1.91. The number of hydrogen-bond acceptors (Lipinski definition) is 3. The smallest absolute Gasteiger partial charge is 0.305 e. The summed E-state index contributed by atoms with van der Waals surface area (Å²) in [5.74, 6) is -1.00. The van der Waals surface area contributed by atoms with Crippen molar-refractivity contribution in [2.24, 2.45) is 0 Å². The number of amides is 1. The van der Waals surface area contributed by atoms with Crippen LogP contribution in [0.15, 0.2) is 24.4 Å². The normalized spacial score (nSPS) is 17.4. The Balaban J connectivity index is 2.00. The van der Waals surface area contributed by atoms with Gasteiger partial charge in [0.15, 0.2) is 0 Å². The number of carboxylic acids is 1. The van der Waals surface area contributed by atoms with Gasteiger partial charge in [0.2, 0.25) is 5.91 Å². The molecule has 0 unspecified atom stereocenters. The van der Waals surface area contributed by atoms with E-state index in [0.717, 1.165) is 32.1 Å². The first-order valence-corrected chi connectivity index (χ1v) is 7.02. The Morgan fingerprint density at radius 1 is 1.25 bits per heavy atom. The highest BCUT2D eigenvalue weighted by Gasteiger charge is 2.35. The summed E-state index contributed by atoms with van der Waals surface area (Å²) in [7, 11) is 0. The van der Waals surface area contributed by atoms with Gasteiger partial charge in [-0.3, -0.25) is 14.6 Å². The predicted molar refractivity (Wildman–Crippen MR) is 74.2 cm³/mol. The minimum Gasteiger partial charge on any atom is -0.481 e. The van der Waals surface area contributed by atoms with Crippen molar-refractivity contribution in [3.05, 3.63) is 30.1 Å². The second-order valence-corrected chi connectivity index (χ2v) is 5.46. The Morgan fingerprint density at radius 3 is 2.60 bits per heavy atom. The van der Waals surface area contributed by atoms with Crippen LogP contribution in [0.25, 0.3) is 0 Å². The van der Waals surface area contributed by atoms with Crippen LogP contribution in [0.2, 0.25) is 0 Å². The van der Waals surface area contributed by atoms with Gasteiger partial charge in [0.1, 0.15) is 0 Å². The second-order valence-electron chi connectivity index (χ2n) is 5.46. The summed E-state index contributed by atoms with van der Waals surface area (Å²) >= 11 is 0. The molecular weight excluding hydrogens is 256 g/mol. The van der Waals surface area contributed by atoms with E-state index in [9.17, 15) is 9.59 Å². The molecular formula is C15H20N2O3. The lowest BCUT2D eigenvalue weighted by molar-refractivity contribution is -0.139. The molecule has 2 N–H and O–H groups in total. The van der Waals surface area contributed by atoms with Gasteiger partial charge in [-0.1, -0.05) is 25.3 Å². The van der Waals surface area contributed by atoms with Gasteiger partial charge in [0, 0.05) is 11.9 Å². The number of nitrogens with zero attached hydrogens (tertiary/aromatic N) is 1. The zero-order chi connectivity index (χ0) is 14.4. The third-order valence-electron chi connectivity index (χ3n) is 3.77. The number of carbonyl (C=O) groups is 2. The van der Waals surface area contributed by atoms with Gasteiger partial charge < -0.3 is 10.4 Å². The third kappa shape index (κ3) is 4.05. The molecule has 1 aliphatic carbocycles. The molecule has 0 spiro atoms. The van der Waals surface area contributed by atoms with Gasteiger partial charge in [-0.05, 0) is 25.0 Å². The molecule has 1 aliphatic rings. The fourth-order valence-electron chi connectivity index (χ4n) is 2.87. The number of rotatable bonds is 5. The van der Waals surface area contributed by atoms with E-state index in [4.69, 9.17) is 5.11 Å². The molecule has 0 radical (unpaired) electrons. The first-order chi connectivity index (χ1) is 9.60. The van der Waals surface area contributed by atoms with Crippen LogP contribution >= 0.6 is 0 Å². The Kier molecular flexibility index (Phi) is 4.71. The number of pyridine rings is 1. The molecule has 1 fully saturated rings. The van der Waals surface area contributed by atoms with Gasteiger partial charge in [-0.25, -0.2) is 0 Å². The minimum atomic E-state index is -0.856. The summed E-state index contributed by atoms with van der Waals surface area (Å²) in [5, 5.41) is 12.0. The Morgan fingerprint density at radius 2 is 2.00 bits per heavy atom. The standard InChI is InChI=1S/C15H20N2O3/c18-13(10-12-6-2-5-9-16-12)17-15(11-14(19)20)7-3-1-4-8-15/h2,5-6,9H,1,3-4,7-8,10-11H2,(H,17,18)(H,19,20). The molecule has 0 saturated heterocycles. The third-order valence-corrected chi connectivity index (χ3v) is 3.77. The summed E-state index contributed by atoms with van der Waals surface area (Å²) in [4.78, 5) is 27.3. The molecule has 5 heteroatoms. The van der Waals surface area contributed by atoms with E-state index < -0.39 is 11.5 Å². The first-order valence-electron chi connectivity index (χ1n) is 7.02. The summed E-state index contributed by atoms with van der Waals surface area (Å²) in [5.41, 5.74) is 0.127. The molecule has 2 rings (SSSR count). The van der Waals surface area contributed by atoms with E-state index in [1.165, 1.54) is 0 Å². The van der Waals surface area contributed by atoms with Crippen LogP contribution in [0.4, 0.5) is 0 Å². The molecule has 1 amide bonds. The molecule has 108 valence electrons. The quantitative estimate of drug-likeness (QED) is 0.861. The van der Waals surface area contributed by atoms with Crippen molar-refractivity contribution in [1.82, 2.24) is 10.3 Å². The number of aliphatic carboxylic acids is 1. The van der Waals surface area contributed by atoms with Crippen LogP contribution in [0, 0.1) is 0 Å². The average molecular weight is 276 g/mol. The lowest BCUT2D eigenvalue weighted by Crippen LogP contribution is -2.51. The maximum atomic E-state index is 12.1. The fraction of sp³-hybridized carbons (Fsp3) is 0.533. The topological polar surface area (TPSA) is 79.3 Å². The van der Waals surface area contributed by atoms with Crippen LogP contribution in [0.1, 0.15) is 44.2 Å². The zero-order valence-corrected chi connectivity index (χ0v) is 11.5. The minimum absolute atomic E-state index is 0.000951. The molecule has 1 saturated carbocycles. The van der Waals surface area contributed by atoms with Crippen molar-refractivity contribution in [1.29, 1.82) is 0 Å². The molecule has 0 aliphatic heterocycles. The van der Waals surface area contributed by atoms with Gasteiger partial charge in [0.05, 0.1) is 18.4 Å². The van der Waals surface area contributed by atoms with E-state index >= 15 is 0 Å². The van der Waals surface area contributed by atoms with Crippen LogP contribution in [-0.4, -0.2) is 27.5 Å². The summed E-state index contributed by atoms with van der Waals surface area (Å²) < 4.78 is 0. The summed E-state index contributed by atoms with van der Waals surface area (Å²) in [6.07, 6.45) is 6.38.